The molecule has 0 aliphatic rings. The van der Waals surface area contributed by atoms with Crippen LogP contribution in [-0.2, 0) is 22.9 Å². The maximum absolute atomic E-state index is 12.6. The first-order chi connectivity index (χ1) is 10.8. The van der Waals surface area contributed by atoms with Crippen LogP contribution in [0.1, 0.15) is 37.5 Å². The molecule has 0 atom stereocenters. The monoisotopic (exact) mass is 331 g/mol. The third kappa shape index (κ3) is 4.35. The quantitative estimate of drug-likeness (QED) is 0.843. The van der Waals surface area contributed by atoms with E-state index in [0.29, 0.717) is 16.5 Å². The first kappa shape index (κ1) is 17.5. The van der Waals surface area contributed by atoms with E-state index >= 15 is 0 Å². The average molecular weight is 331 g/mol. The summed E-state index contributed by atoms with van der Waals surface area (Å²) in [4.78, 5) is 0.301. The van der Waals surface area contributed by atoms with E-state index in [2.05, 4.69) is 18.6 Å². The third-order valence-electron chi connectivity index (χ3n) is 3.85. The van der Waals surface area contributed by atoms with Crippen molar-refractivity contribution < 1.29 is 8.42 Å². The molecule has 0 fully saturated rings. The number of para-hydroxylation sites is 1. The number of nitrogens with one attached hydrogen (secondary N) is 1. The Labute approximate surface area is 139 Å². The molecular weight excluding hydrogens is 306 g/mol. The Kier molecular flexibility index (Phi) is 5.47. The summed E-state index contributed by atoms with van der Waals surface area (Å²) in [6.45, 7) is 8.24. The summed E-state index contributed by atoms with van der Waals surface area (Å²) in [5.74, 6) is 0.551. The Hall–Kier alpha value is -1.81. The number of hydrogen-bond donors (Lipinski definition) is 1. The summed E-state index contributed by atoms with van der Waals surface area (Å²) in [7, 11) is -3.56. The Morgan fingerprint density at radius 2 is 1.70 bits per heavy atom. The normalized spacial score (nSPS) is 11.7. The van der Waals surface area contributed by atoms with Gasteiger partial charge in [-0.25, -0.2) is 8.42 Å². The Morgan fingerprint density at radius 1 is 1.04 bits per heavy atom. The lowest BCUT2D eigenvalue weighted by Crippen LogP contribution is -2.15. The molecule has 0 saturated carbocycles. The van der Waals surface area contributed by atoms with Crippen molar-refractivity contribution in [3.05, 3.63) is 59.2 Å². The van der Waals surface area contributed by atoms with E-state index in [-0.39, 0.29) is 0 Å². The zero-order valence-electron chi connectivity index (χ0n) is 14.3. The van der Waals surface area contributed by atoms with Crippen LogP contribution in [0.25, 0.3) is 0 Å². The fourth-order valence-electron chi connectivity index (χ4n) is 2.64. The lowest BCUT2D eigenvalue weighted by molar-refractivity contribution is 0.601. The van der Waals surface area contributed by atoms with Crippen molar-refractivity contribution in [1.29, 1.82) is 0 Å². The molecule has 3 nitrogen and oxygen atoms in total. The van der Waals surface area contributed by atoms with Crippen molar-refractivity contribution in [2.24, 2.45) is 5.92 Å². The number of sulfonamides is 1. The molecular formula is C19H25NO2S. The molecule has 124 valence electrons. The average Bonchev–Trinajstić information content (AvgIpc) is 2.49. The first-order valence-electron chi connectivity index (χ1n) is 8.03. The van der Waals surface area contributed by atoms with Gasteiger partial charge < -0.3 is 0 Å². The van der Waals surface area contributed by atoms with Crippen LogP contribution in [-0.4, -0.2) is 8.42 Å². The molecule has 0 heterocycles. The molecule has 1 N–H and O–H groups in total. The SMILES string of the molecule is CCc1cccc(C)c1NS(=O)(=O)c1ccc(CC(C)C)cc1. The second kappa shape index (κ2) is 7.18. The van der Waals surface area contributed by atoms with E-state index in [1.807, 2.05) is 44.2 Å². The molecule has 23 heavy (non-hydrogen) atoms. The van der Waals surface area contributed by atoms with Gasteiger partial charge in [0.2, 0.25) is 0 Å². The standard InChI is InChI=1S/C19H25NO2S/c1-5-17-8-6-7-15(4)19(17)20-23(21,22)18-11-9-16(10-12-18)13-14(2)3/h6-12,14,20H,5,13H2,1-4H3. The third-order valence-corrected chi connectivity index (χ3v) is 5.22. The van der Waals surface area contributed by atoms with E-state index in [0.717, 1.165) is 29.5 Å². The van der Waals surface area contributed by atoms with Gasteiger partial charge in [0.1, 0.15) is 0 Å². The number of hydrogen-bond acceptors (Lipinski definition) is 2. The van der Waals surface area contributed by atoms with Gasteiger partial charge in [0.15, 0.2) is 0 Å². The molecule has 0 spiro atoms. The van der Waals surface area contributed by atoms with E-state index in [1.165, 1.54) is 0 Å². The highest BCUT2D eigenvalue weighted by Crippen LogP contribution is 2.25. The van der Waals surface area contributed by atoms with E-state index in [4.69, 9.17) is 0 Å². The Morgan fingerprint density at radius 3 is 2.26 bits per heavy atom. The molecule has 0 amide bonds. The van der Waals surface area contributed by atoms with E-state index in [1.54, 1.807) is 12.1 Å². The van der Waals surface area contributed by atoms with E-state index in [9.17, 15) is 8.42 Å². The molecule has 2 aromatic carbocycles. The van der Waals surface area contributed by atoms with Crippen molar-refractivity contribution >= 4 is 15.7 Å². The maximum atomic E-state index is 12.6. The van der Waals surface area contributed by atoms with Crippen LogP contribution in [0.2, 0.25) is 0 Å². The summed E-state index contributed by atoms with van der Waals surface area (Å²) in [5, 5.41) is 0. The lowest BCUT2D eigenvalue weighted by atomic mass is 10.0. The van der Waals surface area contributed by atoms with Crippen LogP contribution >= 0.6 is 0 Å². The molecule has 2 rings (SSSR count). The smallest absolute Gasteiger partial charge is 0.261 e. The van der Waals surface area contributed by atoms with Crippen molar-refractivity contribution in [1.82, 2.24) is 0 Å². The lowest BCUT2D eigenvalue weighted by Gasteiger charge is -2.15. The zero-order valence-corrected chi connectivity index (χ0v) is 15.1. The van der Waals surface area contributed by atoms with Crippen LogP contribution < -0.4 is 4.72 Å². The van der Waals surface area contributed by atoms with Crippen molar-refractivity contribution in [3.63, 3.8) is 0 Å². The summed E-state index contributed by atoms with van der Waals surface area (Å²) in [6.07, 6.45) is 1.73. The number of benzene rings is 2. The topological polar surface area (TPSA) is 46.2 Å². The molecule has 0 aliphatic carbocycles. The minimum absolute atomic E-state index is 0.301. The van der Waals surface area contributed by atoms with Crippen LogP contribution in [0, 0.1) is 12.8 Å². The van der Waals surface area contributed by atoms with Crippen molar-refractivity contribution in [2.75, 3.05) is 4.72 Å². The van der Waals surface area contributed by atoms with Crippen molar-refractivity contribution in [2.45, 2.75) is 45.4 Å². The van der Waals surface area contributed by atoms with Gasteiger partial charge in [0.25, 0.3) is 10.0 Å². The van der Waals surface area contributed by atoms with Crippen LogP contribution in [0.4, 0.5) is 5.69 Å². The highest BCUT2D eigenvalue weighted by Gasteiger charge is 2.17. The Bertz CT molecular complexity index is 762. The maximum Gasteiger partial charge on any atom is 0.261 e. The Balaban J connectivity index is 2.29. The predicted molar refractivity (Wildman–Crippen MR) is 96.3 cm³/mol. The zero-order chi connectivity index (χ0) is 17.0. The van der Waals surface area contributed by atoms with Crippen LogP contribution in [0.15, 0.2) is 47.4 Å². The summed E-state index contributed by atoms with van der Waals surface area (Å²) in [6, 6.07) is 13.0. The van der Waals surface area contributed by atoms with Gasteiger partial charge in [-0.1, -0.05) is 51.1 Å². The van der Waals surface area contributed by atoms with Crippen molar-refractivity contribution in [3.8, 4) is 0 Å². The molecule has 0 aliphatic heterocycles. The fourth-order valence-corrected chi connectivity index (χ4v) is 3.81. The summed E-state index contributed by atoms with van der Waals surface area (Å²) >= 11 is 0. The number of rotatable bonds is 6. The minimum Gasteiger partial charge on any atom is -0.279 e. The van der Waals surface area contributed by atoms with Gasteiger partial charge in [-0.15, -0.1) is 0 Å². The van der Waals surface area contributed by atoms with Crippen LogP contribution in [0.5, 0.6) is 0 Å². The largest absolute Gasteiger partial charge is 0.279 e. The molecule has 2 aromatic rings. The van der Waals surface area contributed by atoms with Gasteiger partial charge in [0, 0.05) is 0 Å². The van der Waals surface area contributed by atoms with Gasteiger partial charge in [-0.05, 0) is 54.5 Å². The number of anilines is 1. The second-order valence-electron chi connectivity index (χ2n) is 6.31. The molecule has 0 radical (unpaired) electrons. The summed E-state index contributed by atoms with van der Waals surface area (Å²) in [5.41, 5.74) is 3.79. The predicted octanol–water partition coefficient (Wildman–Crippen LogP) is 4.56. The number of aryl methyl sites for hydroxylation is 2. The van der Waals surface area contributed by atoms with Crippen LogP contribution in [0.3, 0.4) is 0 Å². The highest BCUT2D eigenvalue weighted by molar-refractivity contribution is 7.92. The molecule has 4 heteroatoms. The van der Waals surface area contributed by atoms with Gasteiger partial charge in [-0.3, -0.25) is 4.72 Å². The summed E-state index contributed by atoms with van der Waals surface area (Å²) < 4.78 is 28.0. The molecule has 0 saturated heterocycles. The first-order valence-corrected chi connectivity index (χ1v) is 9.52. The minimum atomic E-state index is -3.56. The van der Waals surface area contributed by atoms with Gasteiger partial charge >= 0.3 is 0 Å². The fraction of sp³-hybridized carbons (Fsp3) is 0.368. The molecule has 0 aromatic heterocycles. The molecule has 0 unspecified atom stereocenters. The van der Waals surface area contributed by atoms with E-state index < -0.39 is 10.0 Å². The molecule has 0 bridgehead atoms. The van der Waals surface area contributed by atoms with Gasteiger partial charge in [0.05, 0.1) is 10.6 Å². The highest BCUT2D eigenvalue weighted by atomic mass is 32.2. The van der Waals surface area contributed by atoms with Gasteiger partial charge in [-0.2, -0.15) is 0 Å². The second-order valence-corrected chi connectivity index (χ2v) is 7.99.